The van der Waals surface area contributed by atoms with Crippen molar-refractivity contribution in [3.8, 4) is 0 Å². The average Bonchev–Trinajstić information content (AvgIpc) is 3.29. The fourth-order valence-electron chi connectivity index (χ4n) is 3.34. The Morgan fingerprint density at radius 1 is 1.19 bits per heavy atom. The van der Waals surface area contributed by atoms with Crippen LogP contribution in [0, 0.1) is 0 Å². The summed E-state index contributed by atoms with van der Waals surface area (Å²) >= 11 is 7.03. The maximum atomic E-state index is 13.1. The van der Waals surface area contributed by atoms with Crippen LogP contribution in [0.15, 0.2) is 40.9 Å². The fourth-order valence-corrected chi connectivity index (χ4v) is 5.73. The Morgan fingerprint density at radius 3 is 2.55 bits per heavy atom. The molecule has 2 aromatic heterocycles. The minimum atomic E-state index is -4.77. The molecule has 7 nitrogen and oxygen atoms in total. The number of carbonyl (C=O) groups is 1. The van der Waals surface area contributed by atoms with E-state index in [1.807, 2.05) is 16.0 Å². The van der Waals surface area contributed by atoms with E-state index >= 15 is 0 Å². The van der Waals surface area contributed by atoms with Crippen LogP contribution in [0.5, 0.6) is 0 Å². The van der Waals surface area contributed by atoms with Gasteiger partial charge in [-0.15, -0.1) is 11.3 Å². The summed E-state index contributed by atoms with van der Waals surface area (Å²) in [6.07, 6.45) is -1.07. The Hall–Kier alpha value is -2.15. The van der Waals surface area contributed by atoms with E-state index in [1.54, 1.807) is 6.20 Å². The van der Waals surface area contributed by atoms with Gasteiger partial charge in [0.15, 0.2) is 4.96 Å². The monoisotopic (exact) mass is 492 g/mol. The van der Waals surface area contributed by atoms with Crippen LogP contribution in [0.1, 0.15) is 11.3 Å². The lowest BCUT2D eigenvalue weighted by Crippen LogP contribution is -2.50. The number of sulfonamides is 1. The molecular weight excluding hydrogens is 477 g/mol. The third-order valence-electron chi connectivity index (χ3n) is 4.95. The Bertz CT molecular complexity index is 1200. The van der Waals surface area contributed by atoms with Gasteiger partial charge in [0.1, 0.15) is 0 Å². The van der Waals surface area contributed by atoms with Gasteiger partial charge in [0.2, 0.25) is 15.9 Å². The molecule has 1 aromatic carbocycles. The summed E-state index contributed by atoms with van der Waals surface area (Å²) in [5.41, 5.74) is -0.586. The highest BCUT2D eigenvalue weighted by Gasteiger charge is 2.36. The van der Waals surface area contributed by atoms with Gasteiger partial charge in [-0.25, -0.2) is 13.4 Å². The quantitative estimate of drug-likeness (QED) is 0.561. The number of aromatic nitrogens is 2. The van der Waals surface area contributed by atoms with E-state index in [0.717, 1.165) is 21.4 Å². The zero-order valence-corrected chi connectivity index (χ0v) is 18.2. The predicted octanol–water partition coefficient (Wildman–Crippen LogP) is 3.14. The van der Waals surface area contributed by atoms with Crippen LogP contribution in [0.4, 0.5) is 13.2 Å². The average molecular weight is 493 g/mol. The molecule has 1 saturated heterocycles. The minimum Gasteiger partial charge on any atom is -0.340 e. The molecule has 1 fully saturated rings. The van der Waals surface area contributed by atoms with Crippen molar-refractivity contribution >= 4 is 43.8 Å². The first-order chi connectivity index (χ1) is 14.6. The number of benzene rings is 1. The van der Waals surface area contributed by atoms with Crippen molar-refractivity contribution in [1.82, 2.24) is 18.6 Å². The number of imidazole rings is 1. The topological polar surface area (TPSA) is 75.0 Å². The number of nitrogens with zero attached hydrogens (tertiary/aromatic N) is 4. The minimum absolute atomic E-state index is 0.0175. The Balaban J connectivity index is 1.43. The third-order valence-corrected chi connectivity index (χ3v) is 7.94. The number of thiazole rings is 1. The van der Waals surface area contributed by atoms with Crippen molar-refractivity contribution in [3.05, 3.63) is 52.3 Å². The zero-order chi connectivity index (χ0) is 22.4. The molecule has 0 aliphatic carbocycles. The summed E-state index contributed by atoms with van der Waals surface area (Å²) in [6.45, 7) is 0.243. The van der Waals surface area contributed by atoms with Gasteiger partial charge in [0.05, 0.1) is 27.6 Å². The molecule has 13 heteroatoms. The maximum Gasteiger partial charge on any atom is 0.417 e. The number of amides is 1. The lowest BCUT2D eigenvalue weighted by atomic mass is 10.2. The van der Waals surface area contributed by atoms with Crippen molar-refractivity contribution in [2.24, 2.45) is 0 Å². The Morgan fingerprint density at radius 2 is 1.90 bits per heavy atom. The molecule has 1 amide bonds. The summed E-state index contributed by atoms with van der Waals surface area (Å²) in [4.78, 5) is 18.7. The largest absolute Gasteiger partial charge is 0.417 e. The van der Waals surface area contributed by atoms with Gasteiger partial charge in [0.25, 0.3) is 0 Å². The lowest BCUT2D eigenvalue weighted by Gasteiger charge is -2.34. The highest BCUT2D eigenvalue weighted by molar-refractivity contribution is 7.89. The number of fused-ring (bicyclic) bond motifs is 1. The number of piperazine rings is 1. The summed E-state index contributed by atoms with van der Waals surface area (Å²) in [5, 5.41) is 1.31. The van der Waals surface area contributed by atoms with Crippen LogP contribution < -0.4 is 0 Å². The summed E-state index contributed by atoms with van der Waals surface area (Å²) in [6, 6.07) is 2.52. The molecule has 31 heavy (non-hydrogen) atoms. The molecule has 0 saturated carbocycles. The number of carbonyl (C=O) groups excluding carboxylic acids is 1. The number of alkyl halides is 3. The smallest absolute Gasteiger partial charge is 0.340 e. The molecule has 1 aliphatic rings. The highest BCUT2D eigenvalue weighted by Crippen LogP contribution is 2.36. The summed E-state index contributed by atoms with van der Waals surface area (Å²) in [5.74, 6) is -0.186. The van der Waals surface area contributed by atoms with Crippen molar-refractivity contribution in [2.75, 3.05) is 26.2 Å². The summed E-state index contributed by atoms with van der Waals surface area (Å²) in [7, 11) is -4.16. The van der Waals surface area contributed by atoms with Gasteiger partial charge in [-0.2, -0.15) is 17.5 Å². The van der Waals surface area contributed by atoms with Crippen LogP contribution in [0.2, 0.25) is 5.02 Å². The second-order valence-electron chi connectivity index (χ2n) is 6.93. The molecule has 0 N–H and O–H groups in total. The molecule has 1 aliphatic heterocycles. The van der Waals surface area contributed by atoms with Crippen LogP contribution in [0.25, 0.3) is 4.96 Å². The SMILES string of the molecule is O=C(Cc1cn2ccsc2n1)N1CCN(S(=O)(=O)c2ccc(Cl)c(C(F)(F)F)c2)CC1. The number of hydrogen-bond acceptors (Lipinski definition) is 5. The Labute approximate surface area is 184 Å². The van der Waals surface area contributed by atoms with Gasteiger partial charge < -0.3 is 4.90 Å². The van der Waals surface area contributed by atoms with E-state index in [1.165, 1.54) is 16.2 Å². The number of halogens is 4. The molecule has 4 rings (SSSR count). The van der Waals surface area contributed by atoms with Crippen LogP contribution >= 0.6 is 22.9 Å². The molecule has 166 valence electrons. The summed E-state index contributed by atoms with van der Waals surface area (Å²) < 4.78 is 67.8. The highest BCUT2D eigenvalue weighted by atomic mass is 35.5. The number of hydrogen-bond donors (Lipinski definition) is 0. The van der Waals surface area contributed by atoms with E-state index in [4.69, 9.17) is 11.6 Å². The first-order valence-electron chi connectivity index (χ1n) is 9.11. The van der Waals surface area contributed by atoms with Crippen molar-refractivity contribution < 1.29 is 26.4 Å². The molecule has 0 bridgehead atoms. The lowest BCUT2D eigenvalue weighted by molar-refractivity contribution is -0.137. The van der Waals surface area contributed by atoms with E-state index in [9.17, 15) is 26.4 Å². The molecule has 0 atom stereocenters. The van der Waals surface area contributed by atoms with Crippen LogP contribution in [-0.2, 0) is 27.4 Å². The normalized spacial score (nSPS) is 16.2. The van der Waals surface area contributed by atoms with Crippen molar-refractivity contribution in [2.45, 2.75) is 17.5 Å². The Kier molecular flexibility index (Phi) is 5.75. The van der Waals surface area contributed by atoms with Gasteiger partial charge in [-0.05, 0) is 18.2 Å². The van der Waals surface area contributed by atoms with E-state index in [0.29, 0.717) is 11.8 Å². The second-order valence-corrected chi connectivity index (χ2v) is 10.1. The molecule has 3 heterocycles. The first kappa shape index (κ1) is 22.1. The molecule has 0 spiro atoms. The first-order valence-corrected chi connectivity index (χ1v) is 11.8. The van der Waals surface area contributed by atoms with Crippen molar-refractivity contribution in [1.29, 1.82) is 0 Å². The number of rotatable bonds is 4. The maximum absolute atomic E-state index is 13.1. The fraction of sp³-hybridized carbons (Fsp3) is 0.333. The van der Waals surface area contributed by atoms with Gasteiger partial charge in [-0.3, -0.25) is 9.20 Å². The zero-order valence-electron chi connectivity index (χ0n) is 15.8. The standard InChI is InChI=1S/C18H16ClF3N4O3S2/c19-15-2-1-13(10-14(15)18(20,21)22)31(28,29)26-5-3-24(4-6-26)16(27)9-12-11-25-7-8-30-17(25)23-12/h1-2,7-8,10-11H,3-6,9H2. The second kappa shape index (κ2) is 8.08. The molecule has 0 unspecified atom stereocenters. The van der Waals surface area contributed by atoms with E-state index in [-0.39, 0.29) is 38.5 Å². The van der Waals surface area contributed by atoms with Crippen LogP contribution in [-0.4, -0.2) is 59.1 Å². The van der Waals surface area contributed by atoms with Crippen LogP contribution in [0.3, 0.4) is 0 Å². The van der Waals surface area contributed by atoms with Crippen molar-refractivity contribution in [3.63, 3.8) is 0 Å². The molecule has 3 aromatic rings. The van der Waals surface area contributed by atoms with Gasteiger partial charge in [0, 0.05) is 44.0 Å². The van der Waals surface area contributed by atoms with Gasteiger partial charge >= 0.3 is 6.18 Å². The van der Waals surface area contributed by atoms with E-state index < -0.39 is 31.7 Å². The van der Waals surface area contributed by atoms with E-state index in [2.05, 4.69) is 4.98 Å². The molecular formula is C18H16ClF3N4O3S2. The third kappa shape index (κ3) is 4.43. The predicted molar refractivity (Wildman–Crippen MR) is 109 cm³/mol. The molecule has 0 radical (unpaired) electrons. The van der Waals surface area contributed by atoms with Gasteiger partial charge in [-0.1, -0.05) is 11.6 Å².